The van der Waals surface area contributed by atoms with Gasteiger partial charge in [-0.3, -0.25) is 4.98 Å². The van der Waals surface area contributed by atoms with Crippen molar-refractivity contribution in [2.75, 3.05) is 25.7 Å². The molecule has 1 aromatic rings. The SMILES string of the molecule is Nc1ccc(C2COCOC2)nc1. The normalized spacial score (nSPS) is 18.8. The molecule has 1 saturated heterocycles. The first-order valence-corrected chi connectivity index (χ1v) is 4.23. The van der Waals surface area contributed by atoms with E-state index >= 15 is 0 Å². The summed E-state index contributed by atoms with van der Waals surface area (Å²) in [6, 6.07) is 3.76. The summed E-state index contributed by atoms with van der Waals surface area (Å²) in [6.07, 6.45) is 1.66. The standard InChI is InChI=1S/C9H12N2O2/c10-8-1-2-9(11-3-8)7-4-12-6-13-5-7/h1-3,7H,4-6,10H2. The van der Waals surface area contributed by atoms with Crippen molar-refractivity contribution in [3.63, 3.8) is 0 Å². The first-order valence-electron chi connectivity index (χ1n) is 4.23. The Hall–Kier alpha value is -1.13. The Bertz CT molecular complexity index is 267. The lowest BCUT2D eigenvalue weighted by Gasteiger charge is -2.21. The average molecular weight is 180 g/mol. The summed E-state index contributed by atoms with van der Waals surface area (Å²) in [6.45, 7) is 1.75. The lowest BCUT2D eigenvalue weighted by atomic mass is 10.1. The van der Waals surface area contributed by atoms with Crippen LogP contribution in [0.3, 0.4) is 0 Å². The van der Waals surface area contributed by atoms with Gasteiger partial charge in [0, 0.05) is 11.6 Å². The molecule has 0 aliphatic carbocycles. The smallest absolute Gasteiger partial charge is 0.146 e. The predicted molar refractivity (Wildman–Crippen MR) is 48.2 cm³/mol. The third kappa shape index (κ3) is 1.96. The maximum absolute atomic E-state index is 5.53. The van der Waals surface area contributed by atoms with Crippen LogP contribution >= 0.6 is 0 Å². The predicted octanol–water partition coefficient (Wildman–Crippen LogP) is 0.752. The number of rotatable bonds is 1. The van der Waals surface area contributed by atoms with Gasteiger partial charge in [0.15, 0.2) is 0 Å². The highest BCUT2D eigenvalue weighted by Gasteiger charge is 2.17. The largest absolute Gasteiger partial charge is 0.397 e. The van der Waals surface area contributed by atoms with Crippen LogP contribution in [0.2, 0.25) is 0 Å². The number of anilines is 1. The molecule has 0 bridgehead atoms. The van der Waals surface area contributed by atoms with Crippen LogP contribution < -0.4 is 5.73 Å². The second-order valence-electron chi connectivity index (χ2n) is 3.07. The molecular formula is C9H12N2O2. The van der Waals surface area contributed by atoms with E-state index in [0.29, 0.717) is 25.7 Å². The number of aromatic nitrogens is 1. The van der Waals surface area contributed by atoms with E-state index in [1.54, 1.807) is 6.20 Å². The molecule has 2 rings (SSSR count). The monoisotopic (exact) mass is 180 g/mol. The molecule has 1 aliphatic heterocycles. The van der Waals surface area contributed by atoms with Crippen LogP contribution in [0.4, 0.5) is 5.69 Å². The average Bonchev–Trinajstić information content (AvgIpc) is 2.20. The summed E-state index contributed by atoms with van der Waals surface area (Å²) in [5.74, 6) is 0.245. The third-order valence-corrected chi connectivity index (χ3v) is 2.03. The molecule has 2 heterocycles. The number of nitrogen functional groups attached to an aromatic ring is 1. The third-order valence-electron chi connectivity index (χ3n) is 2.03. The van der Waals surface area contributed by atoms with Crippen molar-refractivity contribution in [1.29, 1.82) is 0 Å². The van der Waals surface area contributed by atoms with E-state index < -0.39 is 0 Å². The zero-order valence-electron chi connectivity index (χ0n) is 7.27. The van der Waals surface area contributed by atoms with E-state index in [1.807, 2.05) is 12.1 Å². The molecule has 70 valence electrons. The Kier molecular flexibility index (Phi) is 2.42. The number of ether oxygens (including phenoxy) is 2. The van der Waals surface area contributed by atoms with E-state index in [1.165, 1.54) is 0 Å². The van der Waals surface area contributed by atoms with Crippen molar-refractivity contribution >= 4 is 5.69 Å². The summed E-state index contributed by atoms with van der Waals surface area (Å²) < 4.78 is 10.3. The van der Waals surface area contributed by atoms with Crippen LogP contribution in [-0.4, -0.2) is 25.0 Å². The number of nitrogens with two attached hydrogens (primary N) is 1. The van der Waals surface area contributed by atoms with Gasteiger partial charge in [-0.05, 0) is 12.1 Å². The maximum Gasteiger partial charge on any atom is 0.146 e. The molecule has 2 N–H and O–H groups in total. The van der Waals surface area contributed by atoms with Crippen LogP contribution in [0.15, 0.2) is 18.3 Å². The lowest BCUT2D eigenvalue weighted by Crippen LogP contribution is -2.22. The molecule has 0 aromatic carbocycles. The summed E-state index contributed by atoms with van der Waals surface area (Å²) in [5, 5.41) is 0. The zero-order valence-corrected chi connectivity index (χ0v) is 7.27. The Morgan fingerprint density at radius 2 is 2.08 bits per heavy atom. The number of pyridine rings is 1. The van der Waals surface area contributed by atoms with Crippen LogP contribution in [0, 0.1) is 0 Å². The van der Waals surface area contributed by atoms with Gasteiger partial charge in [0.1, 0.15) is 6.79 Å². The van der Waals surface area contributed by atoms with E-state index in [2.05, 4.69) is 4.98 Å². The van der Waals surface area contributed by atoms with Crippen molar-refractivity contribution in [1.82, 2.24) is 4.98 Å². The quantitative estimate of drug-likeness (QED) is 0.693. The summed E-state index contributed by atoms with van der Waals surface area (Å²) in [4.78, 5) is 4.22. The van der Waals surface area contributed by atoms with Gasteiger partial charge in [-0.1, -0.05) is 0 Å². The highest BCUT2D eigenvalue weighted by Crippen LogP contribution is 2.18. The van der Waals surface area contributed by atoms with Gasteiger partial charge in [-0.15, -0.1) is 0 Å². The maximum atomic E-state index is 5.53. The first-order chi connectivity index (χ1) is 6.36. The fraction of sp³-hybridized carbons (Fsp3) is 0.444. The van der Waals surface area contributed by atoms with Gasteiger partial charge >= 0.3 is 0 Å². The minimum absolute atomic E-state index is 0.245. The molecular weight excluding hydrogens is 168 g/mol. The summed E-state index contributed by atoms with van der Waals surface area (Å²) >= 11 is 0. The van der Waals surface area contributed by atoms with Gasteiger partial charge in [0.2, 0.25) is 0 Å². The molecule has 13 heavy (non-hydrogen) atoms. The van der Waals surface area contributed by atoms with Crippen LogP contribution in [0.5, 0.6) is 0 Å². The second kappa shape index (κ2) is 3.72. The molecule has 1 aliphatic rings. The molecule has 0 radical (unpaired) electrons. The van der Waals surface area contributed by atoms with E-state index in [0.717, 1.165) is 5.69 Å². The highest BCUT2D eigenvalue weighted by molar-refractivity contribution is 5.35. The van der Waals surface area contributed by atoms with Gasteiger partial charge in [0.05, 0.1) is 25.1 Å². The van der Waals surface area contributed by atoms with Crippen molar-refractivity contribution in [2.45, 2.75) is 5.92 Å². The van der Waals surface area contributed by atoms with E-state index in [4.69, 9.17) is 15.2 Å². The van der Waals surface area contributed by atoms with Crippen molar-refractivity contribution in [3.05, 3.63) is 24.0 Å². The minimum Gasteiger partial charge on any atom is -0.397 e. The molecule has 0 amide bonds. The number of hydrogen-bond donors (Lipinski definition) is 1. The lowest BCUT2D eigenvalue weighted by molar-refractivity contribution is -0.108. The molecule has 4 nitrogen and oxygen atoms in total. The van der Waals surface area contributed by atoms with Crippen molar-refractivity contribution in [2.24, 2.45) is 0 Å². The molecule has 4 heteroatoms. The molecule has 0 unspecified atom stereocenters. The molecule has 0 atom stereocenters. The Morgan fingerprint density at radius 3 is 2.69 bits per heavy atom. The van der Waals surface area contributed by atoms with Crippen LogP contribution in [0.1, 0.15) is 11.6 Å². The Balaban J connectivity index is 2.10. The van der Waals surface area contributed by atoms with Crippen LogP contribution in [-0.2, 0) is 9.47 Å². The highest BCUT2D eigenvalue weighted by atomic mass is 16.7. The molecule has 1 aromatic heterocycles. The van der Waals surface area contributed by atoms with Gasteiger partial charge in [-0.25, -0.2) is 0 Å². The molecule has 0 spiro atoms. The van der Waals surface area contributed by atoms with Crippen LogP contribution in [0.25, 0.3) is 0 Å². The summed E-state index contributed by atoms with van der Waals surface area (Å²) in [5.41, 5.74) is 7.19. The minimum atomic E-state index is 0.245. The van der Waals surface area contributed by atoms with Gasteiger partial charge in [-0.2, -0.15) is 0 Å². The van der Waals surface area contributed by atoms with E-state index in [-0.39, 0.29) is 5.92 Å². The van der Waals surface area contributed by atoms with Gasteiger partial charge < -0.3 is 15.2 Å². The molecule has 0 saturated carbocycles. The van der Waals surface area contributed by atoms with Crippen molar-refractivity contribution < 1.29 is 9.47 Å². The molecule has 1 fully saturated rings. The first kappa shape index (κ1) is 8.47. The van der Waals surface area contributed by atoms with Gasteiger partial charge in [0.25, 0.3) is 0 Å². The number of hydrogen-bond acceptors (Lipinski definition) is 4. The fourth-order valence-corrected chi connectivity index (χ4v) is 1.32. The Morgan fingerprint density at radius 1 is 1.31 bits per heavy atom. The van der Waals surface area contributed by atoms with Crippen molar-refractivity contribution in [3.8, 4) is 0 Å². The number of nitrogens with zero attached hydrogens (tertiary/aromatic N) is 1. The second-order valence-corrected chi connectivity index (χ2v) is 3.07. The van der Waals surface area contributed by atoms with E-state index in [9.17, 15) is 0 Å². The summed E-state index contributed by atoms with van der Waals surface area (Å²) in [7, 11) is 0. The zero-order chi connectivity index (χ0) is 9.10. The fourth-order valence-electron chi connectivity index (χ4n) is 1.32. The topological polar surface area (TPSA) is 57.4 Å². The Labute approximate surface area is 76.7 Å².